The number of unbranched alkanes of at least 4 members (excludes halogenated alkanes) is 1. The molecule has 1 aliphatic rings. The van der Waals surface area contributed by atoms with E-state index in [0.717, 1.165) is 24.1 Å². The number of carbonyl (C=O) groups is 2. The Labute approximate surface area is 118 Å². The third-order valence-electron chi connectivity index (χ3n) is 3.43. The number of amides is 2. The Morgan fingerprint density at radius 3 is 2.80 bits per heavy atom. The van der Waals surface area contributed by atoms with Gasteiger partial charge in [0.2, 0.25) is 5.91 Å². The molecular weight excluding hydrogens is 256 g/mol. The summed E-state index contributed by atoms with van der Waals surface area (Å²) in [7, 11) is 1.58. The maximum absolute atomic E-state index is 12.5. The Morgan fingerprint density at radius 2 is 2.20 bits per heavy atom. The molecule has 5 heteroatoms. The second kappa shape index (κ2) is 5.94. The van der Waals surface area contributed by atoms with E-state index in [-0.39, 0.29) is 11.8 Å². The van der Waals surface area contributed by atoms with E-state index < -0.39 is 6.04 Å². The van der Waals surface area contributed by atoms with Gasteiger partial charge in [0.25, 0.3) is 5.91 Å². The Morgan fingerprint density at radius 1 is 1.45 bits per heavy atom. The molecule has 1 N–H and O–H groups in total. The number of nitrogens with zero attached hydrogens (tertiary/aromatic N) is 1. The van der Waals surface area contributed by atoms with Crippen LogP contribution in [0, 0.1) is 0 Å². The lowest BCUT2D eigenvalue weighted by Gasteiger charge is -2.17. The standard InChI is InChI=1S/C15H20N2O3/c1-4-5-8-17-13-7-6-11(20-3)9-12(13)14(15(17)19)16-10(2)18/h6-7,9,14H,4-5,8H2,1-3H3,(H,16,18)/t14-/m1/s1. The molecule has 0 saturated carbocycles. The van der Waals surface area contributed by atoms with Crippen molar-refractivity contribution in [2.75, 3.05) is 18.6 Å². The molecule has 1 atom stereocenters. The summed E-state index contributed by atoms with van der Waals surface area (Å²) >= 11 is 0. The van der Waals surface area contributed by atoms with Crippen LogP contribution in [0.3, 0.4) is 0 Å². The quantitative estimate of drug-likeness (QED) is 0.895. The predicted octanol–water partition coefficient (Wildman–Crippen LogP) is 2.02. The predicted molar refractivity (Wildman–Crippen MR) is 76.8 cm³/mol. The van der Waals surface area contributed by atoms with Crippen LogP contribution in [0.2, 0.25) is 0 Å². The number of ether oxygens (including phenoxy) is 1. The molecule has 20 heavy (non-hydrogen) atoms. The number of rotatable bonds is 5. The van der Waals surface area contributed by atoms with Gasteiger partial charge in [0.05, 0.1) is 7.11 Å². The Hall–Kier alpha value is -2.04. The molecule has 1 aromatic rings. The highest BCUT2D eigenvalue weighted by atomic mass is 16.5. The van der Waals surface area contributed by atoms with Crippen LogP contribution in [0.1, 0.15) is 38.3 Å². The summed E-state index contributed by atoms with van der Waals surface area (Å²) < 4.78 is 5.20. The van der Waals surface area contributed by atoms with E-state index in [0.29, 0.717) is 12.3 Å². The number of fused-ring (bicyclic) bond motifs is 1. The molecule has 0 radical (unpaired) electrons. The maximum Gasteiger partial charge on any atom is 0.254 e. The Bertz CT molecular complexity index is 528. The van der Waals surface area contributed by atoms with E-state index in [1.807, 2.05) is 18.2 Å². The molecule has 0 spiro atoms. The van der Waals surface area contributed by atoms with Gasteiger partial charge in [0.15, 0.2) is 0 Å². The van der Waals surface area contributed by atoms with Crippen LogP contribution in [-0.4, -0.2) is 25.5 Å². The zero-order chi connectivity index (χ0) is 14.7. The van der Waals surface area contributed by atoms with Crippen molar-refractivity contribution in [3.63, 3.8) is 0 Å². The van der Waals surface area contributed by atoms with Crippen molar-refractivity contribution < 1.29 is 14.3 Å². The van der Waals surface area contributed by atoms with Crippen LogP contribution >= 0.6 is 0 Å². The van der Waals surface area contributed by atoms with E-state index in [1.54, 1.807) is 12.0 Å². The highest BCUT2D eigenvalue weighted by Crippen LogP contribution is 2.38. The molecular formula is C15H20N2O3. The molecule has 2 amide bonds. The first-order valence-corrected chi connectivity index (χ1v) is 6.85. The van der Waals surface area contributed by atoms with Crippen LogP contribution in [0.4, 0.5) is 5.69 Å². The summed E-state index contributed by atoms with van der Waals surface area (Å²) in [5.74, 6) is 0.399. The highest BCUT2D eigenvalue weighted by Gasteiger charge is 2.37. The molecule has 0 bridgehead atoms. The smallest absolute Gasteiger partial charge is 0.254 e. The zero-order valence-electron chi connectivity index (χ0n) is 12.1. The lowest BCUT2D eigenvalue weighted by Crippen LogP contribution is -2.37. The lowest BCUT2D eigenvalue weighted by molar-refractivity contribution is -0.126. The fourth-order valence-corrected chi connectivity index (χ4v) is 2.43. The van der Waals surface area contributed by atoms with Crippen LogP contribution in [-0.2, 0) is 9.59 Å². The number of hydrogen-bond donors (Lipinski definition) is 1. The molecule has 1 aromatic carbocycles. The minimum absolute atomic E-state index is 0.0723. The fourth-order valence-electron chi connectivity index (χ4n) is 2.43. The number of hydrogen-bond acceptors (Lipinski definition) is 3. The van der Waals surface area contributed by atoms with Crippen molar-refractivity contribution in [1.82, 2.24) is 5.32 Å². The van der Waals surface area contributed by atoms with E-state index in [4.69, 9.17) is 4.74 Å². The largest absolute Gasteiger partial charge is 0.497 e. The average Bonchev–Trinajstić information content (AvgIpc) is 2.68. The second-order valence-electron chi connectivity index (χ2n) is 4.90. The number of anilines is 1. The van der Waals surface area contributed by atoms with E-state index in [9.17, 15) is 9.59 Å². The molecule has 0 aromatic heterocycles. The van der Waals surface area contributed by atoms with Gasteiger partial charge in [-0.05, 0) is 24.6 Å². The molecule has 2 rings (SSSR count). The summed E-state index contributed by atoms with van der Waals surface area (Å²) in [5, 5.41) is 2.72. The van der Waals surface area contributed by atoms with Gasteiger partial charge in [0.1, 0.15) is 11.8 Å². The summed E-state index contributed by atoms with van der Waals surface area (Å²) in [5.41, 5.74) is 1.67. The molecule has 0 fully saturated rings. The molecule has 5 nitrogen and oxygen atoms in total. The zero-order valence-corrected chi connectivity index (χ0v) is 12.1. The summed E-state index contributed by atoms with van der Waals surface area (Å²) in [6.45, 7) is 4.17. The number of benzene rings is 1. The van der Waals surface area contributed by atoms with Crippen LogP contribution in [0.15, 0.2) is 18.2 Å². The minimum atomic E-state index is -0.602. The van der Waals surface area contributed by atoms with Crippen molar-refractivity contribution in [3.05, 3.63) is 23.8 Å². The summed E-state index contributed by atoms with van der Waals surface area (Å²) in [4.78, 5) is 25.5. The topological polar surface area (TPSA) is 58.6 Å². The molecule has 108 valence electrons. The second-order valence-corrected chi connectivity index (χ2v) is 4.90. The number of carbonyl (C=O) groups excluding carboxylic acids is 2. The van der Waals surface area contributed by atoms with Gasteiger partial charge in [-0.25, -0.2) is 0 Å². The molecule has 0 saturated heterocycles. The Balaban J connectivity index is 2.38. The van der Waals surface area contributed by atoms with Gasteiger partial charge in [-0.15, -0.1) is 0 Å². The van der Waals surface area contributed by atoms with E-state index >= 15 is 0 Å². The van der Waals surface area contributed by atoms with Crippen molar-refractivity contribution in [2.24, 2.45) is 0 Å². The van der Waals surface area contributed by atoms with Gasteiger partial charge in [-0.2, -0.15) is 0 Å². The SMILES string of the molecule is CCCCN1C(=O)[C@H](NC(C)=O)c2cc(OC)ccc21. The van der Waals surface area contributed by atoms with Crippen molar-refractivity contribution in [1.29, 1.82) is 0 Å². The lowest BCUT2D eigenvalue weighted by atomic mass is 10.1. The molecule has 1 heterocycles. The normalized spacial score (nSPS) is 17.1. The van der Waals surface area contributed by atoms with Gasteiger partial charge >= 0.3 is 0 Å². The Kier molecular flexibility index (Phi) is 4.27. The van der Waals surface area contributed by atoms with E-state index in [2.05, 4.69) is 12.2 Å². The third kappa shape index (κ3) is 2.61. The molecule has 1 aliphatic heterocycles. The number of nitrogens with one attached hydrogen (secondary N) is 1. The summed E-state index contributed by atoms with van der Waals surface area (Å²) in [6, 6.07) is 4.93. The average molecular weight is 276 g/mol. The van der Waals surface area contributed by atoms with Crippen molar-refractivity contribution in [2.45, 2.75) is 32.7 Å². The number of methoxy groups -OCH3 is 1. The first kappa shape index (κ1) is 14.4. The van der Waals surface area contributed by atoms with Gasteiger partial charge < -0.3 is 15.0 Å². The highest BCUT2D eigenvalue weighted by molar-refractivity contribution is 6.06. The maximum atomic E-state index is 12.5. The van der Waals surface area contributed by atoms with Gasteiger partial charge in [-0.1, -0.05) is 13.3 Å². The van der Waals surface area contributed by atoms with Crippen LogP contribution in [0.5, 0.6) is 5.75 Å². The molecule has 0 unspecified atom stereocenters. The van der Waals surface area contributed by atoms with Crippen molar-refractivity contribution >= 4 is 17.5 Å². The van der Waals surface area contributed by atoms with E-state index in [1.165, 1.54) is 6.92 Å². The minimum Gasteiger partial charge on any atom is -0.497 e. The van der Waals surface area contributed by atoms with Gasteiger partial charge in [0, 0.05) is 24.7 Å². The van der Waals surface area contributed by atoms with Crippen molar-refractivity contribution in [3.8, 4) is 5.75 Å². The van der Waals surface area contributed by atoms with Gasteiger partial charge in [-0.3, -0.25) is 9.59 Å². The fraction of sp³-hybridized carbons (Fsp3) is 0.467. The van der Waals surface area contributed by atoms with Crippen LogP contribution < -0.4 is 15.0 Å². The summed E-state index contributed by atoms with van der Waals surface area (Å²) in [6.07, 6.45) is 1.95. The molecule has 0 aliphatic carbocycles. The van der Waals surface area contributed by atoms with Crippen LogP contribution in [0.25, 0.3) is 0 Å². The first-order valence-electron chi connectivity index (χ1n) is 6.85. The first-order chi connectivity index (χ1) is 9.58. The third-order valence-corrected chi connectivity index (χ3v) is 3.43. The monoisotopic (exact) mass is 276 g/mol.